The number of rotatable bonds is 3. The van der Waals surface area contributed by atoms with Gasteiger partial charge in [-0.1, -0.05) is 13.3 Å². The van der Waals surface area contributed by atoms with Crippen LogP contribution in [0.15, 0.2) is 0 Å². The van der Waals surface area contributed by atoms with Gasteiger partial charge in [-0.25, -0.2) is 0 Å². The molecule has 0 heteroatoms. The minimum absolute atomic E-state index is 0.832. The second kappa shape index (κ2) is 2.25. The maximum atomic E-state index is 4.06. The first kappa shape index (κ1) is 6.69. The largest absolute Gasteiger partial charge is 0.0651 e. The number of hydrogen-bond donors (Lipinski definition) is 0. The summed E-state index contributed by atoms with van der Waals surface area (Å²) in [6, 6.07) is 0. The minimum Gasteiger partial charge on any atom is -0.0651 e. The molecule has 0 aromatic carbocycles. The number of hydrogen-bond acceptors (Lipinski definition) is 0. The molecule has 2 fully saturated rings. The molecule has 2 aliphatic rings. The van der Waals surface area contributed by atoms with Gasteiger partial charge in [-0.3, -0.25) is 0 Å². The van der Waals surface area contributed by atoms with Crippen LogP contribution in [0.4, 0.5) is 0 Å². The van der Waals surface area contributed by atoms with E-state index in [0.29, 0.717) is 0 Å². The van der Waals surface area contributed by atoms with Gasteiger partial charge >= 0.3 is 0 Å². The summed E-state index contributed by atoms with van der Waals surface area (Å²) in [5.41, 5.74) is 0. The average molecular weight is 137 g/mol. The van der Waals surface area contributed by atoms with Gasteiger partial charge in [-0.2, -0.15) is 0 Å². The quantitative estimate of drug-likeness (QED) is 0.561. The van der Waals surface area contributed by atoms with Crippen molar-refractivity contribution in [2.24, 2.45) is 23.7 Å². The van der Waals surface area contributed by atoms with Gasteiger partial charge in [0.1, 0.15) is 0 Å². The molecule has 2 aliphatic carbocycles. The first-order valence-electron chi connectivity index (χ1n) is 4.64. The normalized spacial score (nSPS) is 51.0. The van der Waals surface area contributed by atoms with Crippen LogP contribution < -0.4 is 0 Å². The zero-order valence-corrected chi connectivity index (χ0v) is 6.84. The van der Waals surface area contributed by atoms with Gasteiger partial charge in [0, 0.05) is 0 Å². The molecule has 4 unspecified atom stereocenters. The molecule has 10 heavy (non-hydrogen) atoms. The van der Waals surface area contributed by atoms with Gasteiger partial charge in [0.25, 0.3) is 0 Å². The first-order valence-corrected chi connectivity index (χ1v) is 4.64. The van der Waals surface area contributed by atoms with Crippen LogP contribution in [-0.4, -0.2) is 0 Å². The summed E-state index contributed by atoms with van der Waals surface area (Å²) >= 11 is 0. The third kappa shape index (κ3) is 1.21. The van der Waals surface area contributed by atoms with Crippen LogP contribution in [0.25, 0.3) is 0 Å². The van der Waals surface area contributed by atoms with Crippen LogP contribution in [0.5, 0.6) is 0 Å². The molecular formula is C10H17. The van der Waals surface area contributed by atoms with E-state index in [1.54, 1.807) is 0 Å². The summed E-state index contributed by atoms with van der Waals surface area (Å²) in [5, 5.41) is 0. The second-order valence-electron chi connectivity index (χ2n) is 4.16. The molecule has 2 saturated carbocycles. The van der Waals surface area contributed by atoms with Crippen LogP contribution in [0.1, 0.15) is 32.6 Å². The van der Waals surface area contributed by atoms with Crippen molar-refractivity contribution in [1.29, 1.82) is 0 Å². The van der Waals surface area contributed by atoms with E-state index in [-0.39, 0.29) is 0 Å². The van der Waals surface area contributed by atoms with Crippen LogP contribution in [-0.2, 0) is 0 Å². The van der Waals surface area contributed by atoms with Gasteiger partial charge in [0.15, 0.2) is 0 Å². The molecule has 0 spiro atoms. The van der Waals surface area contributed by atoms with Crippen LogP contribution in [0.3, 0.4) is 0 Å². The maximum absolute atomic E-state index is 4.06. The Bertz CT molecular complexity index is 128. The molecule has 4 atom stereocenters. The standard InChI is InChI=1S/C10H17/c1-3-8-5-10(8)6-9-4-7(9)2/h7-10H,2-6H2,1H3. The molecule has 0 nitrogen and oxygen atoms in total. The fourth-order valence-electron chi connectivity index (χ4n) is 2.09. The molecule has 1 radical (unpaired) electrons. The summed E-state index contributed by atoms with van der Waals surface area (Å²) in [6.07, 6.45) is 5.87. The lowest BCUT2D eigenvalue weighted by atomic mass is 10.1. The average Bonchev–Trinajstić information content (AvgIpc) is 2.76. The topological polar surface area (TPSA) is 0 Å². The Morgan fingerprint density at radius 2 is 1.90 bits per heavy atom. The third-order valence-electron chi connectivity index (χ3n) is 3.27. The molecule has 0 bridgehead atoms. The van der Waals surface area contributed by atoms with E-state index in [2.05, 4.69) is 13.8 Å². The van der Waals surface area contributed by atoms with E-state index in [1.165, 1.54) is 25.7 Å². The summed E-state index contributed by atoms with van der Waals surface area (Å²) in [6.45, 7) is 6.38. The van der Waals surface area contributed by atoms with Crippen LogP contribution >= 0.6 is 0 Å². The van der Waals surface area contributed by atoms with E-state index in [4.69, 9.17) is 0 Å². The zero-order valence-electron chi connectivity index (χ0n) is 6.84. The zero-order chi connectivity index (χ0) is 7.14. The monoisotopic (exact) mass is 137 g/mol. The van der Waals surface area contributed by atoms with Crippen molar-refractivity contribution in [2.75, 3.05) is 0 Å². The molecule has 0 aromatic heterocycles. The van der Waals surface area contributed by atoms with Crippen molar-refractivity contribution in [1.82, 2.24) is 0 Å². The first-order chi connectivity index (χ1) is 4.81. The highest BCUT2D eigenvalue weighted by Gasteiger charge is 2.42. The Morgan fingerprint density at radius 3 is 2.30 bits per heavy atom. The predicted octanol–water partition coefficient (Wildman–Crippen LogP) is 2.89. The van der Waals surface area contributed by atoms with Crippen LogP contribution in [0, 0.1) is 30.6 Å². The van der Waals surface area contributed by atoms with Crippen molar-refractivity contribution in [3.05, 3.63) is 6.92 Å². The summed E-state index contributed by atoms with van der Waals surface area (Å²) in [7, 11) is 0. The lowest BCUT2D eigenvalue weighted by Gasteiger charge is -1.94. The SMILES string of the molecule is [CH2]C1CC1CC1CC1CC. The van der Waals surface area contributed by atoms with Crippen molar-refractivity contribution in [3.63, 3.8) is 0 Å². The van der Waals surface area contributed by atoms with Gasteiger partial charge in [-0.15, -0.1) is 0 Å². The van der Waals surface area contributed by atoms with Gasteiger partial charge in [0.05, 0.1) is 0 Å². The fraction of sp³-hybridized carbons (Fsp3) is 0.900. The highest BCUT2D eigenvalue weighted by molar-refractivity contribution is 4.95. The molecule has 2 rings (SSSR count). The van der Waals surface area contributed by atoms with Gasteiger partial charge in [-0.05, 0) is 49.9 Å². The van der Waals surface area contributed by atoms with Crippen LogP contribution in [0.2, 0.25) is 0 Å². The van der Waals surface area contributed by atoms with E-state index in [9.17, 15) is 0 Å². The minimum atomic E-state index is 0.832. The van der Waals surface area contributed by atoms with Crippen molar-refractivity contribution in [3.8, 4) is 0 Å². The lowest BCUT2D eigenvalue weighted by molar-refractivity contribution is 0.573. The smallest absolute Gasteiger partial charge is 0.0380 e. The molecule has 0 aliphatic heterocycles. The molecule has 0 heterocycles. The summed E-state index contributed by atoms with van der Waals surface area (Å²) < 4.78 is 0. The van der Waals surface area contributed by atoms with Gasteiger partial charge in [0.2, 0.25) is 0 Å². The van der Waals surface area contributed by atoms with E-state index >= 15 is 0 Å². The van der Waals surface area contributed by atoms with E-state index in [0.717, 1.165) is 23.7 Å². The Labute approximate surface area is 64.0 Å². The molecular weight excluding hydrogens is 120 g/mol. The second-order valence-corrected chi connectivity index (χ2v) is 4.16. The Kier molecular flexibility index (Phi) is 1.51. The summed E-state index contributed by atoms with van der Waals surface area (Å²) in [4.78, 5) is 0. The highest BCUT2D eigenvalue weighted by Crippen LogP contribution is 2.52. The van der Waals surface area contributed by atoms with E-state index in [1.807, 2.05) is 0 Å². The Morgan fingerprint density at radius 1 is 1.20 bits per heavy atom. The highest BCUT2D eigenvalue weighted by atomic mass is 14.5. The lowest BCUT2D eigenvalue weighted by Crippen LogP contribution is -1.84. The maximum Gasteiger partial charge on any atom is -0.0380 e. The molecule has 0 saturated heterocycles. The molecule has 0 amide bonds. The Balaban J connectivity index is 1.65. The van der Waals surface area contributed by atoms with Gasteiger partial charge < -0.3 is 0 Å². The van der Waals surface area contributed by atoms with Crippen molar-refractivity contribution in [2.45, 2.75) is 32.6 Å². The van der Waals surface area contributed by atoms with Crippen molar-refractivity contribution < 1.29 is 0 Å². The van der Waals surface area contributed by atoms with E-state index < -0.39 is 0 Å². The Hall–Kier alpha value is 0. The third-order valence-corrected chi connectivity index (χ3v) is 3.27. The summed E-state index contributed by atoms with van der Waals surface area (Å²) in [5.74, 6) is 4.08. The fourth-order valence-corrected chi connectivity index (χ4v) is 2.09. The molecule has 0 aromatic rings. The predicted molar refractivity (Wildman–Crippen MR) is 43.5 cm³/mol. The molecule has 57 valence electrons. The molecule has 0 N–H and O–H groups in total. The van der Waals surface area contributed by atoms with Crippen molar-refractivity contribution >= 4 is 0 Å².